The SMILES string of the molecule is CC(CO)C(C)NS(=O)(=O)NCC(F)(F)F. The summed E-state index contributed by atoms with van der Waals surface area (Å²) in [6.45, 7) is 1.14. The smallest absolute Gasteiger partial charge is 0.396 e. The Balaban J connectivity index is 4.26. The van der Waals surface area contributed by atoms with E-state index in [1.165, 1.54) is 11.6 Å². The Bertz CT molecular complexity index is 304. The summed E-state index contributed by atoms with van der Waals surface area (Å²) in [5, 5.41) is 8.73. The molecule has 2 atom stereocenters. The Morgan fingerprint density at radius 3 is 2.19 bits per heavy atom. The predicted octanol–water partition coefficient (Wildman–Crippen LogP) is -0.0104. The zero-order valence-corrected chi connectivity index (χ0v) is 9.69. The number of hydrogen-bond donors (Lipinski definition) is 3. The molecule has 98 valence electrons. The van der Waals surface area contributed by atoms with Crippen molar-refractivity contribution in [2.75, 3.05) is 13.2 Å². The summed E-state index contributed by atoms with van der Waals surface area (Å²) in [5.41, 5.74) is 0. The number of halogens is 3. The van der Waals surface area contributed by atoms with Crippen LogP contribution in [0.1, 0.15) is 13.8 Å². The lowest BCUT2D eigenvalue weighted by Crippen LogP contribution is -2.47. The van der Waals surface area contributed by atoms with Crippen LogP contribution < -0.4 is 9.44 Å². The molecule has 0 saturated carbocycles. The quantitative estimate of drug-likeness (QED) is 0.631. The molecule has 0 radical (unpaired) electrons. The molecule has 0 aromatic heterocycles. The monoisotopic (exact) mass is 264 g/mol. The molecule has 0 amide bonds. The van der Waals surface area contributed by atoms with Gasteiger partial charge in [0.15, 0.2) is 0 Å². The van der Waals surface area contributed by atoms with E-state index in [-0.39, 0.29) is 12.5 Å². The number of nitrogens with one attached hydrogen (secondary N) is 2. The Morgan fingerprint density at radius 2 is 1.81 bits per heavy atom. The van der Waals surface area contributed by atoms with Crippen molar-refractivity contribution < 1.29 is 26.7 Å². The van der Waals surface area contributed by atoms with Gasteiger partial charge >= 0.3 is 6.18 Å². The van der Waals surface area contributed by atoms with Gasteiger partial charge in [0.2, 0.25) is 0 Å². The fourth-order valence-corrected chi connectivity index (χ4v) is 1.90. The number of aliphatic hydroxyl groups is 1. The van der Waals surface area contributed by atoms with Crippen molar-refractivity contribution in [3.05, 3.63) is 0 Å². The van der Waals surface area contributed by atoms with E-state index >= 15 is 0 Å². The number of alkyl halides is 3. The Kier molecular flexibility index (Phi) is 5.66. The normalized spacial score (nSPS) is 17.1. The summed E-state index contributed by atoms with van der Waals surface area (Å²) in [6.07, 6.45) is -4.60. The van der Waals surface area contributed by atoms with E-state index in [0.29, 0.717) is 0 Å². The second kappa shape index (κ2) is 5.80. The van der Waals surface area contributed by atoms with Crippen molar-refractivity contribution >= 4 is 10.2 Å². The summed E-state index contributed by atoms with van der Waals surface area (Å²) >= 11 is 0. The van der Waals surface area contributed by atoms with Crippen LogP contribution in [-0.4, -0.2) is 38.9 Å². The van der Waals surface area contributed by atoms with Gasteiger partial charge in [-0.05, 0) is 12.8 Å². The van der Waals surface area contributed by atoms with Crippen LogP contribution in [0.5, 0.6) is 0 Å². The number of rotatable bonds is 6. The first-order valence-electron chi connectivity index (χ1n) is 4.52. The van der Waals surface area contributed by atoms with Crippen LogP contribution in [-0.2, 0) is 10.2 Å². The molecule has 0 saturated heterocycles. The van der Waals surface area contributed by atoms with E-state index in [1.54, 1.807) is 6.92 Å². The minimum atomic E-state index is -4.60. The van der Waals surface area contributed by atoms with Gasteiger partial charge in [-0.15, -0.1) is 0 Å². The highest BCUT2D eigenvalue weighted by Crippen LogP contribution is 2.12. The van der Waals surface area contributed by atoms with Crippen LogP contribution >= 0.6 is 0 Å². The van der Waals surface area contributed by atoms with Crippen molar-refractivity contribution in [2.24, 2.45) is 5.92 Å². The van der Waals surface area contributed by atoms with Crippen LogP contribution in [0.3, 0.4) is 0 Å². The minimum absolute atomic E-state index is 0.261. The van der Waals surface area contributed by atoms with Crippen molar-refractivity contribution in [1.82, 2.24) is 9.44 Å². The maximum Gasteiger partial charge on any atom is 0.402 e. The topological polar surface area (TPSA) is 78.4 Å². The molecule has 0 aliphatic rings. The lowest BCUT2D eigenvalue weighted by molar-refractivity contribution is -0.121. The van der Waals surface area contributed by atoms with E-state index in [4.69, 9.17) is 5.11 Å². The standard InChI is InChI=1S/C7H15F3N2O3S/c1-5(3-13)6(2)12-16(14,15)11-4-7(8,9)10/h5-6,11-13H,3-4H2,1-2H3. The minimum Gasteiger partial charge on any atom is -0.396 e. The molecule has 0 bridgehead atoms. The summed E-state index contributed by atoms with van der Waals surface area (Å²) in [4.78, 5) is 0. The van der Waals surface area contributed by atoms with E-state index < -0.39 is 29.0 Å². The fraction of sp³-hybridized carbons (Fsp3) is 1.00. The highest BCUT2D eigenvalue weighted by atomic mass is 32.2. The van der Waals surface area contributed by atoms with E-state index in [9.17, 15) is 21.6 Å². The first kappa shape index (κ1) is 15.6. The Hall–Kier alpha value is -0.380. The molecule has 0 spiro atoms. The molecule has 0 heterocycles. The zero-order valence-electron chi connectivity index (χ0n) is 8.87. The first-order valence-corrected chi connectivity index (χ1v) is 6.00. The lowest BCUT2D eigenvalue weighted by atomic mass is 10.1. The third-order valence-electron chi connectivity index (χ3n) is 1.95. The van der Waals surface area contributed by atoms with E-state index in [0.717, 1.165) is 0 Å². The number of hydrogen-bond acceptors (Lipinski definition) is 3. The maximum atomic E-state index is 11.8. The van der Waals surface area contributed by atoms with Gasteiger partial charge in [0, 0.05) is 12.6 Å². The molecule has 0 rings (SSSR count). The molecule has 3 N–H and O–H groups in total. The highest BCUT2D eigenvalue weighted by molar-refractivity contribution is 7.87. The van der Waals surface area contributed by atoms with Crippen LogP contribution in [0.4, 0.5) is 13.2 Å². The van der Waals surface area contributed by atoms with Gasteiger partial charge in [0.05, 0.1) is 0 Å². The van der Waals surface area contributed by atoms with Gasteiger partial charge < -0.3 is 5.11 Å². The third kappa shape index (κ3) is 6.99. The summed E-state index contributed by atoms with van der Waals surface area (Å²) < 4.78 is 60.8. The summed E-state index contributed by atoms with van der Waals surface area (Å²) in [5.74, 6) is -0.387. The summed E-state index contributed by atoms with van der Waals surface area (Å²) in [7, 11) is -4.20. The lowest BCUT2D eigenvalue weighted by Gasteiger charge is -2.19. The predicted molar refractivity (Wildman–Crippen MR) is 51.8 cm³/mol. The van der Waals surface area contributed by atoms with Gasteiger partial charge in [0.1, 0.15) is 6.54 Å². The maximum absolute atomic E-state index is 11.8. The molecular formula is C7H15F3N2O3S. The average Bonchev–Trinajstić information content (AvgIpc) is 2.12. The molecule has 16 heavy (non-hydrogen) atoms. The molecule has 0 aliphatic carbocycles. The van der Waals surface area contributed by atoms with Gasteiger partial charge in [-0.3, -0.25) is 0 Å². The van der Waals surface area contributed by atoms with Gasteiger partial charge in [-0.25, -0.2) is 0 Å². The van der Waals surface area contributed by atoms with Crippen LogP contribution in [0, 0.1) is 5.92 Å². The Morgan fingerprint density at radius 1 is 1.31 bits per heavy atom. The Labute approximate surface area is 92.2 Å². The summed E-state index contributed by atoms with van der Waals surface area (Å²) in [6, 6.07) is -0.657. The average molecular weight is 264 g/mol. The van der Waals surface area contributed by atoms with E-state index in [2.05, 4.69) is 0 Å². The van der Waals surface area contributed by atoms with Crippen molar-refractivity contribution in [2.45, 2.75) is 26.1 Å². The second-order valence-electron chi connectivity index (χ2n) is 3.51. The molecule has 0 aliphatic heterocycles. The molecule has 0 aromatic carbocycles. The molecular weight excluding hydrogens is 249 g/mol. The molecule has 9 heteroatoms. The fourth-order valence-electron chi connectivity index (χ4n) is 0.738. The zero-order chi connectivity index (χ0) is 13.0. The van der Waals surface area contributed by atoms with Crippen molar-refractivity contribution in [3.63, 3.8) is 0 Å². The van der Waals surface area contributed by atoms with Crippen molar-refractivity contribution in [1.29, 1.82) is 0 Å². The van der Waals surface area contributed by atoms with Crippen LogP contribution in [0.15, 0.2) is 0 Å². The molecule has 0 fully saturated rings. The second-order valence-corrected chi connectivity index (χ2v) is 5.04. The van der Waals surface area contributed by atoms with Gasteiger partial charge in [0.25, 0.3) is 10.2 Å². The molecule has 5 nitrogen and oxygen atoms in total. The highest BCUT2D eigenvalue weighted by Gasteiger charge is 2.30. The molecule has 0 aromatic rings. The third-order valence-corrected chi connectivity index (χ3v) is 3.15. The first-order chi connectivity index (χ1) is 7.07. The van der Waals surface area contributed by atoms with Crippen molar-refractivity contribution in [3.8, 4) is 0 Å². The molecule has 2 unspecified atom stereocenters. The van der Waals surface area contributed by atoms with Gasteiger partial charge in [-0.2, -0.15) is 31.0 Å². The van der Waals surface area contributed by atoms with Gasteiger partial charge in [-0.1, -0.05) is 6.92 Å². The van der Waals surface area contributed by atoms with Crippen LogP contribution in [0.2, 0.25) is 0 Å². The largest absolute Gasteiger partial charge is 0.402 e. The van der Waals surface area contributed by atoms with Crippen LogP contribution in [0.25, 0.3) is 0 Å². The van der Waals surface area contributed by atoms with E-state index in [1.807, 2.05) is 4.72 Å². The number of aliphatic hydroxyl groups excluding tert-OH is 1.